The van der Waals surface area contributed by atoms with E-state index >= 15 is 0 Å². The topological polar surface area (TPSA) is 48.1 Å². The molecule has 0 saturated carbocycles. The van der Waals surface area contributed by atoms with Crippen LogP contribution in [0.3, 0.4) is 0 Å². The van der Waals surface area contributed by atoms with Crippen LogP contribution in [0.25, 0.3) is 22.2 Å². The second kappa shape index (κ2) is 6.02. The molecule has 3 rings (SSSR count). The number of nitro benzene ring substituents is 1. The summed E-state index contributed by atoms with van der Waals surface area (Å²) in [4.78, 5) is 10.4. The maximum atomic E-state index is 10.8. The minimum atomic E-state index is -0.365. The number of hydrogen-bond acceptors (Lipinski definition) is 2. The number of rotatable bonds is 5. The summed E-state index contributed by atoms with van der Waals surface area (Å²) < 4.78 is 2.31. The number of aromatic nitrogens is 1. The number of unbranched alkanes of at least 4 members (excludes halogenated alkanes) is 1. The van der Waals surface area contributed by atoms with Gasteiger partial charge in [-0.3, -0.25) is 10.1 Å². The lowest BCUT2D eigenvalue weighted by Gasteiger charge is -2.10. The molecule has 2 aromatic carbocycles. The van der Waals surface area contributed by atoms with Crippen molar-refractivity contribution < 1.29 is 4.92 Å². The minimum absolute atomic E-state index is 0.125. The summed E-state index contributed by atoms with van der Waals surface area (Å²) in [6, 6.07) is 17.3. The van der Waals surface area contributed by atoms with Crippen molar-refractivity contribution >= 4 is 16.6 Å². The summed E-state index contributed by atoms with van der Waals surface area (Å²) in [6.45, 7) is 3.13. The average Bonchev–Trinajstić information content (AvgIpc) is 2.91. The van der Waals surface area contributed by atoms with E-state index in [1.807, 2.05) is 24.3 Å². The Labute approximate surface area is 129 Å². The maximum Gasteiger partial charge on any atom is 0.269 e. The maximum absolute atomic E-state index is 10.8. The molecule has 0 atom stereocenters. The van der Waals surface area contributed by atoms with Crippen LogP contribution in [-0.2, 0) is 6.54 Å². The number of hydrogen-bond donors (Lipinski definition) is 0. The number of fused-ring (bicyclic) bond motifs is 1. The Balaban J connectivity index is 2.10. The Kier molecular flexibility index (Phi) is 3.92. The van der Waals surface area contributed by atoms with Gasteiger partial charge in [0, 0.05) is 35.3 Å². The first-order valence-corrected chi connectivity index (χ1v) is 7.54. The molecule has 0 fully saturated rings. The van der Waals surface area contributed by atoms with Crippen LogP contribution < -0.4 is 0 Å². The van der Waals surface area contributed by atoms with Crippen LogP contribution in [0, 0.1) is 10.1 Å². The van der Waals surface area contributed by atoms with Crippen molar-refractivity contribution in [3.8, 4) is 11.3 Å². The number of non-ortho nitro benzene ring substituents is 1. The first kappa shape index (κ1) is 14.3. The standard InChI is InChI=1S/C18H18N2O2/c1-2-3-12-19-17-7-5-4-6-15(17)13-18(19)14-8-10-16(11-9-14)20(21)22/h4-11,13H,2-3,12H2,1H3. The molecule has 3 aromatic rings. The normalized spacial score (nSPS) is 11.0. The molecule has 112 valence electrons. The zero-order valence-electron chi connectivity index (χ0n) is 12.5. The fourth-order valence-electron chi connectivity index (χ4n) is 2.76. The molecule has 0 N–H and O–H groups in total. The highest BCUT2D eigenvalue weighted by Crippen LogP contribution is 2.29. The Bertz CT molecular complexity index is 804. The van der Waals surface area contributed by atoms with Crippen LogP contribution in [0.15, 0.2) is 54.6 Å². The van der Waals surface area contributed by atoms with Crippen LogP contribution in [0.4, 0.5) is 5.69 Å². The summed E-state index contributed by atoms with van der Waals surface area (Å²) in [7, 11) is 0. The van der Waals surface area contributed by atoms with Gasteiger partial charge in [-0.2, -0.15) is 0 Å². The molecule has 0 radical (unpaired) electrons. The molecule has 0 saturated heterocycles. The highest BCUT2D eigenvalue weighted by Gasteiger charge is 2.11. The van der Waals surface area contributed by atoms with E-state index in [1.54, 1.807) is 12.1 Å². The van der Waals surface area contributed by atoms with E-state index in [0.29, 0.717) is 0 Å². The molecule has 0 aliphatic rings. The van der Waals surface area contributed by atoms with Crippen LogP contribution in [0.1, 0.15) is 19.8 Å². The van der Waals surface area contributed by atoms with Crippen molar-refractivity contribution in [3.05, 3.63) is 64.7 Å². The number of para-hydroxylation sites is 1. The van der Waals surface area contributed by atoms with E-state index in [0.717, 1.165) is 30.6 Å². The van der Waals surface area contributed by atoms with Crippen molar-refractivity contribution in [1.82, 2.24) is 4.57 Å². The summed E-state index contributed by atoms with van der Waals surface area (Å²) >= 11 is 0. The smallest absolute Gasteiger partial charge is 0.269 e. The molecule has 0 amide bonds. The molecule has 4 heteroatoms. The van der Waals surface area contributed by atoms with Crippen LogP contribution in [0.5, 0.6) is 0 Å². The van der Waals surface area contributed by atoms with Gasteiger partial charge in [-0.1, -0.05) is 31.5 Å². The molecule has 0 bridgehead atoms. The van der Waals surface area contributed by atoms with Gasteiger partial charge in [-0.25, -0.2) is 0 Å². The molecule has 0 aliphatic carbocycles. The number of nitrogens with zero attached hydrogens (tertiary/aromatic N) is 2. The van der Waals surface area contributed by atoms with Crippen LogP contribution in [-0.4, -0.2) is 9.49 Å². The van der Waals surface area contributed by atoms with Crippen molar-refractivity contribution in [2.45, 2.75) is 26.3 Å². The van der Waals surface area contributed by atoms with Crippen molar-refractivity contribution in [1.29, 1.82) is 0 Å². The molecule has 0 spiro atoms. The fraction of sp³-hybridized carbons (Fsp3) is 0.222. The van der Waals surface area contributed by atoms with E-state index in [-0.39, 0.29) is 10.6 Å². The highest BCUT2D eigenvalue weighted by atomic mass is 16.6. The lowest BCUT2D eigenvalue weighted by molar-refractivity contribution is -0.384. The zero-order valence-corrected chi connectivity index (χ0v) is 12.5. The van der Waals surface area contributed by atoms with Crippen molar-refractivity contribution in [2.75, 3.05) is 0 Å². The Morgan fingerprint density at radius 1 is 1.09 bits per heavy atom. The summed E-state index contributed by atoms with van der Waals surface area (Å²) in [5.74, 6) is 0. The second-order valence-corrected chi connectivity index (χ2v) is 5.40. The first-order chi connectivity index (χ1) is 10.7. The zero-order chi connectivity index (χ0) is 15.5. The van der Waals surface area contributed by atoms with Gasteiger partial charge in [0.05, 0.1) is 4.92 Å². The van der Waals surface area contributed by atoms with Gasteiger partial charge in [0.15, 0.2) is 0 Å². The second-order valence-electron chi connectivity index (χ2n) is 5.40. The fourth-order valence-corrected chi connectivity index (χ4v) is 2.76. The summed E-state index contributed by atoms with van der Waals surface area (Å²) in [5.41, 5.74) is 3.46. The highest BCUT2D eigenvalue weighted by molar-refractivity contribution is 5.87. The lowest BCUT2D eigenvalue weighted by atomic mass is 10.1. The molecule has 0 aliphatic heterocycles. The molecule has 22 heavy (non-hydrogen) atoms. The minimum Gasteiger partial charge on any atom is -0.340 e. The van der Waals surface area contributed by atoms with Gasteiger partial charge < -0.3 is 4.57 Å². The monoisotopic (exact) mass is 294 g/mol. The van der Waals surface area contributed by atoms with Gasteiger partial charge in [0.2, 0.25) is 0 Å². The Hall–Kier alpha value is -2.62. The van der Waals surface area contributed by atoms with Crippen LogP contribution in [0.2, 0.25) is 0 Å². The predicted octanol–water partition coefficient (Wildman–Crippen LogP) is 5.02. The third kappa shape index (κ3) is 2.60. The molecule has 4 nitrogen and oxygen atoms in total. The number of benzene rings is 2. The largest absolute Gasteiger partial charge is 0.340 e. The molecular formula is C18H18N2O2. The van der Waals surface area contributed by atoms with Gasteiger partial charge in [0.25, 0.3) is 5.69 Å². The third-order valence-corrected chi connectivity index (χ3v) is 3.92. The van der Waals surface area contributed by atoms with E-state index < -0.39 is 0 Å². The van der Waals surface area contributed by atoms with E-state index in [2.05, 4.69) is 29.7 Å². The predicted molar refractivity (Wildman–Crippen MR) is 88.9 cm³/mol. The quantitative estimate of drug-likeness (QED) is 0.490. The number of aryl methyl sites for hydroxylation is 1. The van der Waals surface area contributed by atoms with Crippen molar-refractivity contribution in [3.63, 3.8) is 0 Å². The third-order valence-electron chi connectivity index (χ3n) is 3.92. The molecule has 0 unspecified atom stereocenters. The van der Waals surface area contributed by atoms with Gasteiger partial charge in [-0.05, 0) is 36.2 Å². The first-order valence-electron chi connectivity index (χ1n) is 7.54. The average molecular weight is 294 g/mol. The van der Waals surface area contributed by atoms with Gasteiger partial charge in [-0.15, -0.1) is 0 Å². The van der Waals surface area contributed by atoms with Gasteiger partial charge >= 0.3 is 0 Å². The Morgan fingerprint density at radius 3 is 2.50 bits per heavy atom. The summed E-state index contributed by atoms with van der Waals surface area (Å²) in [6.07, 6.45) is 2.24. The number of nitro groups is 1. The van der Waals surface area contributed by atoms with Crippen molar-refractivity contribution in [2.24, 2.45) is 0 Å². The molecule has 1 heterocycles. The van der Waals surface area contributed by atoms with E-state index in [9.17, 15) is 10.1 Å². The van der Waals surface area contributed by atoms with Crippen LogP contribution >= 0.6 is 0 Å². The molecule has 1 aromatic heterocycles. The van der Waals surface area contributed by atoms with E-state index in [1.165, 1.54) is 10.9 Å². The molecular weight excluding hydrogens is 276 g/mol. The summed E-state index contributed by atoms with van der Waals surface area (Å²) in [5, 5.41) is 12.0. The van der Waals surface area contributed by atoms with E-state index in [4.69, 9.17) is 0 Å². The lowest BCUT2D eigenvalue weighted by Crippen LogP contribution is -1.99. The van der Waals surface area contributed by atoms with Gasteiger partial charge in [0.1, 0.15) is 0 Å². The Morgan fingerprint density at radius 2 is 1.82 bits per heavy atom. The SMILES string of the molecule is CCCCn1c(-c2ccc([N+](=O)[O-])cc2)cc2ccccc21.